The number of halogens is 2. The van der Waals surface area contributed by atoms with Crippen molar-refractivity contribution in [2.45, 2.75) is 52.7 Å². The summed E-state index contributed by atoms with van der Waals surface area (Å²) in [5, 5.41) is 10.5. The molecule has 11 heteroatoms. The number of methoxy groups -OCH3 is 1. The van der Waals surface area contributed by atoms with Gasteiger partial charge in [0.05, 0.1) is 17.3 Å². The largest absolute Gasteiger partial charge is 0.519 e. The minimum Gasteiger partial charge on any atom is -0.495 e. The van der Waals surface area contributed by atoms with Gasteiger partial charge in [0, 0.05) is 6.07 Å². The number of benzene rings is 1. The van der Waals surface area contributed by atoms with Crippen LogP contribution >= 0.6 is 15.9 Å². The van der Waals surface area contributed by atoms with Crippen molar-refractivity contribution in [1.82, 2.24) is 0 Å². The Balaban J connectivity index is 0.000000541. The van der Waals surface area contributed by atoms with Crippen LogP contribution in [-0.2, 0) is 14.2 Å². The van der Waals surface area contributed by atoms with Gasteiger partial charge in [0.25, 0.3) is 0 Å². The average Bonchev–Trinajstić information content (AvgIpc) is 2.46. The summed E-state index contributed by atoms with van der Waals surface area (Å²) >= 11 is 2.96. The Morgan fingerprint density at radius 1 is 1.00 bits per heavy atom. The zero-order chi connectivity index (χ0) is 23.0. The molecule has 0 saturated heterocycles. The van der Waals surface area contributed by atoms with Gasteiger partial charge in [-0.05, 0) is 63.5 Å². The molecule has 0 aliphatic carbocycles. The second-order valence-corrected chi connectivity index (χ2v) is 8.28. The molecule has 164 valence electrons. The molecule has 0 unspecified atom stereocenters. The standard InChI is InChI=1S/C10H18O5.C8H7BrFNO3/c1-9(2,3)14-7(11)13-8(12)15-10(4,5)6;1-14-7-2-4(9)5(10)3-6(7)11-8(12)13/h1-6H3;2-3,11H,1H3,(H,12,13). The molecular formula is C18H25BrFNO8. The number of hydrogen-bond acceptors (Lipinski definition) is 7. The number of nitrogens with one attached hydrogen (secondary N) is 1. The first-order chi connectivity index (χ1) is 13.0. The number of carbonyl (C=O) groups is 3. The zero-order valence-corrected chi connectivity index (χ0v) is 18.8. The fourth-order valence-electron chi connectivity index (χ4n) is 1.52. The van der Waals surface area contributed by atoms with Gasteiger partial charge in [-0.15, -0.1) is 0 Å². The molecule has 9 nitrogen and oxygen atoms in total. The lowest BCUT2D eigenvalue weighted by atomic mass is 10.2. The van der Waals surface area contributed by atoms with Gasteiger partial charge in [-0.1, -0.05) is 0 Å². The van der Waals surface area contributed by atoms with Crippen molar-refractivity contribution in [3.63, 3.8) is 0 Å². The van der Waals surface area contributed by atoms with Gasteiger partial charge in [-0.2, -0.15) is 0 Å². The van der Waals surface area contributed by atoms with Crippen LogP contribution in [0.4, 0.5) is 24.5 Å². The SMILES string of the molecule is CC(C)(C)OC(=O)OC(=O)OC(C)(C)C.COc1cc(Br)c(F)cc1NC(=O)O. The van der Waals surface area contributed by atoms with Gasteiger partial charge < -0.3 is 24.1 Å². The fraction of sp³-hybridized carbons (Fsp3) is 0.500. The molecule has 0 aliphatic heterocycles. The van der Waals surface area contributed by atoms with Crippen molar-refractivity contribution in [2.75, 3.05) is 12.4 Å². The number of amides is 1. The van der Waals surface area contributed by atoms with Gasteiger partial charge in [0.1, 0.15) is 22.8 Å². The highest BCUT2D eigenvalue weighted by Crippen LogP contribution is 2.30. The first kappa shape index (κ1) is 26.4. The van der Waals surface area contributed by atoms with Gasteiger partial charge in [0.2, 0.25) is 0 Å². The van der Waals surface area contributed by atoms with Crippen molar-refractivity contribution in [1.29, 1.82) is 0 Å². The summed E-state index contributed by atoms with van der Waals surface area (Å²) in [6, 6.07) is 2.39. The van der Waals surface area contributed by atoms with E-state index in [-0.39, 0.29) is 15.9 Å². The smallest absolute Gasteiger partial charge is 0.495 e. The zero-order valence-electron chi connectivity index (χ0n) is 17.2. The number of ether oxygens (including phenoxy) is 4. The summed E-state index contributed by atoms with van der Waals surface area (Å²) in [5.41, 5.74) is -1.32. The number of carbonyl (C=O) groups excluding carboxylic acids is 2. The molecule has 0 aliphatic rings. The molecule has 0 bridgehead atoms. The van der Waals surface area contributed by atoms with Crippen LogP contribution in [0, 0.1) is 5.82 Å². The third kappa shape index (κ3) is 12.5. The molecule has 0 atom stereocenters. The van der Waals surface area contributed by atoms with E-state index in [1.165, 1.54) is 13.2 Å². The van der Waals surface area contributed by atoms with E-state index in [1.54, 1.807) is 41.5 Å². The average molecular weight is 482 g/mol. The Hall–Kier alpha value is -2.56. The van der Waals surface area contributed by atoms with Crippen molar-refractivity contribution in [3.8, 4) is 5.75 Å². The highest BCUT2D eigenvalue weighted by Gasteiger charge is 2.24. The quantitative estimate of drug-likeness (QED) is 0.415. The van der Waals surface area contributed by atoms with Gasteiger partial charge >= 0.3 is 18.4 Å². The topological polar surface area (TPSA) is 120 Å². The minimum atomic E-state index is -1.27. The van der Waals surface area contributed by atoms with Gasteiger partial charge in [-0.3, -0.25) is 5.32 Å². The summed E-state index contributed by atoms with van der Waals surface area (Å²) in [5.74, 6) is -0.310. The molecule has 29 heavy (non-hydrogen) atoms. The van der Waals surface area contributed by atoms with E-state index < -0.39 is 35.4 Å². The maximum absolute atomic E-state index is 13.0. The van der Waals surface area contributed by atoms with E-state index in [0.29, 0.717) is 0 Å². The van der Waals surface area contributed by atoms with Crippen LogP contribution in [0.3, 0.4) is 0 Å². The summed E-state index contributed by atoms with van der Waals surface area (Å²) in [7, 11) is 1.37. The van der Waals surface area contributed by atoms with Crippen LogP contribution in [0.1, 0.15) is 41.5 Å². The summed E-state index contributed by atoms with van der Waals surface area (Å²) < 4.78 is 31.9. The predicted octanol–water partition coefficient (Wildman–Crippen LogP) is 5.56. The second kappa shape index (κ2) is 10.8. The van der Waals surface area contributed by atoms with Crippen LogP contribution in [0.25, 0.3) is 0 Å². The van der Waals surface area contributed by atoms with E-state index in [9.17, 15) is 18.8 Å². The third-order valence-corrected chi connectivity index (χ3v) is 3.04. The highest BCUT2D eigenvalue weighted by molar-refractivity contribution is 9.10. The van der Waals surface area contributed by atoms with Crippen LogP contribution in [0.2, 0.25) is 0 Å². The molecule has 0 radical (unpaired) electrons. The summed E-state index contributed by atoms with van der Waals surface area (Å²) in [6.45, 7) is 10.0. The Bertz CT molecular complexity index is 715. The molecule has 0 spiro atoms. The van der Waals surface area contributed by atoms with Gasteiger partial charge in [-0.25, -0.2) is 18.8 Å². The molecule has 0 saturated carbocycles. The monoisotopic (exact) mass is 481 g/mol. The molecule has 1 aromatic carbocycles. The number of hydrogen-bond donors (Lipinski definition) is 2. The maximum atomic E-state index is 13.0. The minimum absolute atomic E-state index is 0.0701. The van der Waals surface area contributed by atoms with E-state index in [1.807, 2.05) is 5.32 Å². The van der Waals surface area contributed by atoms with E-state index >= 15 is 0 Å². The molecular weight excluding hydrogens is 457 g/mol. The predicted molar refractivity (Wildman–Crippen MR) is 106 cm³/mol. The molecule has 0 fully saturated rings. The van der Waals surface area contributed by atoms with E-state index in [2.05, 4.69) is 20.7 Å². The maximum Gasteiger partial charge on any atom is 0.519 e. The lowest BCUT2D eigenvalue weighted by Crippen LogP contribution is -2.29. The molecule has 1 rings (SSSR count). The first-order valence-electron chi connectivity index (χ1n) is 8.21. The Morgan fingerprint density at radius 2 is 1.45 bits per heavy atom. The van der Waals surface area contributed by atoms with Crippen molar-refractivity contribution in [3.05, 3.63) is 22.4 Å². The molecule has 0 heterocycles. The first-order valence-corrected chi connectivity index (χ1v) is 9.00. The lowest BCUT2D eigenvalue weighted by Gasteiger charge is -2.20. The van der Waals surface area contributed by atoms with Crippen molar-refractivity contribution in [2.24, 2.45) is 0 Å². The molecule has 1 aromatic rings. The highest BCUT2D eigenvalue weighted by atomic mass is 79.9. The van der Waals surface area contributed by atoms with Crippen LogP contribution in [0.5, 0.6) is 5.75 Å². The Labute approximate surface area is 176 Å². The third-order valence-electron chi connectivity index (χ3n) is 2.43. The van der Waals surface area contributed by atoms with Crippen LogP contribution in [0.15, 0.2) is 16.6 Å². The van der Waals surface area contributed by atoms with Crippen LogP contribution in [-0.4, -0.2) is 41.8 Å². The van der Waals surface area contributed by atoms with Crippen molar-refractivity contribution >= 4 is 40.0 Å². The van der Waals surface area contributed by atoms with Crippen molar-refractivity contribution < 1.29 is 42.8 Å². The summed E-state index contributed by atoms with van der Waals surface area (Å²) in [4.78, 5) is 32.4. The Morgan fingerprint density at radius 3 is 1.79 bits per heavy atom. The van der Waals surface area contributed by atoms with Crippen LogP contribution < -0.4 is 10.1 Å². The van der Waals surface area contributed by atoms with E-state index in [0.717, 1.165) is 6.07 Å². The number of rotatable bonds is 2. The normalized spacial score (nSPS) is 10.8. The van der Waals surface area contributed by atoms with Gasteiger partial charge in [0.15, 0.2) is 0 Å². The molecule has 1 amide bonds. The van der Waals surface area contributed by atoms with E-state index in [4.69, 9.17) is 19.3 Å². The number of carboxylic acid groups (broad SMARTS) is 1. The Kier molecular flexibility index (Phi) is 9.88. The lowest BCUT2D eigenvalue weighted by molar-refractivity contribution is -0.0293. The fourth-order valence-corrected chi connectivity index (χ4v) is 1.84. The molecule has 0 aromatic heterocycles. The molecule has 2 N–H and O–H groups in total. The second-order valence-electron chi connectivity index (χ2n) is 7.43. The number of anilines is 1. The summed E-state index contributed by atoms with van der Waals surface area (Å²) in [6.07, 6.45) is -3.39.